The Bertz CT molecular complexity index is 392. The predicted octanol–water partition coefficient (Wildman–Crippen LogP) is 1.48. The van der Waals surface area contributed by atoms with Crippen molar-refractivity contribution in [3.8, 4) is 0 Å². The lowest BCUT2D eigenvalue weighted by Crippen LogP contribution is -2.58. The van der Waals surface area contributed by atoms with Crippen LogP contribution in [0, 0.1) is 5.92 Å². The number of nitrogens with one attached hydrogen (secondary N) is 2. The number of carbonyl (C=O) groups excluding carboxylic acids is 1. The second kappa shape index (κ2) is 8.36. The van der Waals surface area contributed by atoms with Crippen LogP contribution in [0.4, 0.5) is 4.79 Å². The Morgan fingerprint density at radius 2 is 1.95 bits per heavy atom. The summed E-state index contributed by atoms with van der Waals surface area (Å²) in [6.45, 7) is 2.51. The normalized spacial score (nSPS) is 26.9. The monoisotopic (exact) mass is 318 g/mol. The summed E-state index contributed by atoms with van der Waals surface area (Å²) in [6, 6.07) is -0.450. The Balaban J connectivity index is 2.46. The van der Waals surface area contributed by atoms with E-state index >= 15 is 0 Å². The SMILES string of the molecule is CCC1CCC(NC(=O)NCCCS(C)=O)(C(=O)O)CC1. The van der Waals surface area contributed by atoms with E-state index in [0.29, 0.717) is 37.5 Å². The van der Waals surface area contributed by atoms with Crippen LogP contribution < -0.4 is 10.6 Å². The second-order valence-corrected chi connectivity index (χ2v) is 7.31. The highest BCUT2D eigenvalue weighted by Crippen LogP contribution is 2.33. The number of urea groups is 1. The summed E-state index contributed by atoms with van der Waals surface area (Å²) >= 11 is 0. The molecule has 7 heteroatoms. The number of hydrogen-bond donors (Lipinski definition) is 3. The molecule has 3 N–H and O–H groups in total. The zero-order valence-electron chi connectivity index (χ0n) is 12.8. The van der Waals surface area contributed by atoms with Gasteiger partial charge < -0.3 is 15.7 Å². The van der Waals surface area contributed by atoms with Gasteiger partial charge in [-0.05, 0) is 38.0 Å². The van der Waals surface area contributed by atoms with E-state index in [0.717, 1.165) is 19.3 Å². The molecule has 1 fully saturated rings. The van der Waals surface area contributed by atoms with E-state index in [9.17, 15) is 18.9 Å². The highest BCUT2D eigenvalue weighted by molar-refractivity contribution is 7.84. The second-order valence-electron chi connectivity index (χ2n) is 5.75. The number of rotatable bonds is 7. The van der Waals surface area contributed by atoms with Gasteiger partial charge in [0, 0.05) is 29.4 Å². The lowest BCUT2D eigenvalue weighted by molar-refractivity contribution is -0.146. The Hall–Kier alpha value is -1.11. The van der Waals surface area contributed by atoms with Gasteiger partial charge in [-0.2, -0.15) is 0 Å². The molecule has 0 aliphatic heterocycles. The Kier molecular flexibility index (Phi) is 7.14. The zero-order chi connectivity index (χ0) is 15.9. The van der Waals surface area contributed by atoms with Crippen LogP contribution in [0.2, 0.25) is 0 Å². The molecule has 21 heavy (non-hydrogen) atoms. The molecule has 122 valence electrons. The Morgan fingerprint density at radius 1 is 1.33 bits per heavy atom. The van der Waals surface area contributed by atoms with Crippen molar-refractivity contribution < 1.29 is 18.9 Å². The van der Waals surface area contributed by atoms with Gasteiger partial charge in [-0.25, -0.2) is 9.59 Å². The summed E-state index contributed by atoms with van der Waals surface area (Å²) in [5.41, 5.74) is -1.14. The van der Waals surface area contributed by atoms with Crippen molar-refractivity contribution in [1.29, 1.82) is 0 Å². The third kappa shape index (κ3) is 5.65. The summed E-state index contributed by atoms with van der Waals surface area (Å²) in [7, 11) is -0.873. The fourth-order valence-electron chi connectivity index (χ4n) is 2.71. The zero-order valence-corrected chi connectivity index (χ0v) is 13.6. The van der Waals surface area contributed by atoms with Crippen molar-refractivity contribution >= 4 is 22.8 Å². The highest BCUT2D eigenvalue weighted by atomic mass is 32.2. The summed E-state index contributed by atoms with van der Waals surface area (Å²) in [5.74, 6) is 0.131. The smallest absolute Gasteiger partial charge is 0.329 e. The minimum Gasteiger partial charge on any atom is -0.480 e. The average Bonchev–Trinajstić information content (AvgIpc) is 2.44. The lowest BCUT2D eigenvalue weighted by Gasteiger charge is -2.37. The van der Waals surface area contributed by atoms with Crippen LogP contribution in [-0.2, 0) is 15.6 Å². The molecule has 0 radical (unpaired) electrons. The first-order chi connectivity index (χ1) is 9.89. The van der Waals surface area contributed by atoms with Crippen molar-refractivity contribution in [2.45, 2.75) is 51.0 Å². The van der Waals surface area contributed by atoms with Crippen molar-refractivity contribution in [1.82, 2.24) is 10.6 Å². The standard InChI is InChI=1S/C14H26N2O4S/c1-3-11-5-7-14(8-6-11,12(17)18)16-13(19)15-9-4-10-21(2)20/h11H,3-10H2,1-2H3,(H,17,18)(H2,15,16,19). The van der Waals surface area contributed by atoms with Crippen LogP contribution in [0.15, 0.2) is 0 Å². The molecule has 1 atom stereocenters. The van der Waals surface area contributed by atoms with Crippen molar-refractivity contribution in [3.63, 3.8) is 0 Å². The van der Waals surface area contributed by atoms with Crippen LogP contribution in [0.5, 0.6) is 0 Å². The van der Waals surface area contributed by atoms with E-state index in [1.807, 2.05) is 0 Å². The average molecular weight is 318 g/mol. The molecule has 1 aliphatic rings. The first-order valence-corrected chi connectivity index (χ1v) is 9.22. The van der Waals surface area contributed by atoms with Gasteiger partial charge in [0.05, 0.1) is 0 Å². The third-order valence-electron chi connectivity index (χ3n) is 4.19. The molecule has 0 saturated heterocycles. The maximum Gasteiger partial charge on any atom is 0.329 e. The molecular weight excluding hydrogens is 292 g/mol. The highest BCUT2D eigenvalue weighted by Gasteiger charge is 2.42. The van der Waals surface area contributed by atoms with E-state index in [1.54, 1.807) is 6.26 Å². The molecule has 1 aliphatic carbocycles. The molecule has 2 amide bonds. The van der Waals surface area contributed by atoms with Crippen molar-refractivity contribution in [2.75, 3.05) is 18.6 Å². The van der Waals surface area contributed by atoms with Crippen LogP contribution in [-0.4, -0.2) is 45.4 Å². The van der Waals surface area contributed by atoms with E-state index in [4.69, 9.17) is 0 Å². The minimum atomic E-state index is -1.14. The molecule has 0 bridgehead atoms. The molecule has 0 heterocycles. The van der Waals surface area contributed by atoms with Gasteiger partial charge in [0.1, 0.15) is 5.54 Å². The summed E-state index contributed by atoms with van der Waals surface area (Å²) in [6.07, 6.45) is 5.91. The van der Waals surface area contributed by atoms with E-state index in [1.165, 1.54) is 0 Å². The van der Waals surface area contributed by atoms with Crippen LogP contribution >= 0.6 is 0 Å². The number of carboxylic acids is 1. The minimum absolute atomic E-state index is 0.401. The molecule has 0 aromatic heterocycles. The molecule has 6 nitrogen and oxygen atoms in total. The van der Waals surface area contributed by atoms with Gasteiger partial charge in [0.25, 0.3) is 0 Å². The maximum absolute atomic E-state index is 11.9. The molecule has 0 spiro atoms. The molecule has 1 rings (SSSR count). The number of aliphatic carboxylic acids is 1. The number of carbonyl (C=O) groups is 2. The fourth-order valence-corrected chi connectivity index (χ4v) is 3.26. The Morgan fingerprint density at radius 3 is 2.43 bits per heavy atom. The van der Waals surface area contributed by atoms with Gasteiger partial charge >= 0.3 is 12.0 Å². The number of amides is 2. The van der Waals surface area contributed by atoms with Crippen LogP contribution in [0.25, 0.3) is 0 Å². The van der Waals surface area contributed by atoms with Gasteiger partial charge in [0.15, 0.2) is 0 Å². The molecular formula is C14H26N2O4S. The Labute approximate surface area is 128 Å². The van der Waals surface area contributed by atoms with Crippen LogP contribution in [0.1, 0.15) is 45.4 Å². The van der Waals surface area contributed by atoms with Crippen molar-refractivity contribution in [3.05, 3.63) is 0 Å². The van der Waals surface area contributed by atoms with E-state index < -0.39 is 28.3 Å². The molecule has 1 unspecified atom stereocenters. The first-order valence-electron chi connectivity index (χ1n) is 7.49. The van der Waals surface area contributed by atoms with Crippen LogP contribution in [0.3, 0.4) is 0 Å². The van der Waals surface area contributed by atoms with E-state index in [2.05, 4.69) is 17.6 Å². The van der Waals surface area contributed by atoms with Gasteiger partial charge in [0.2, 0.25) is 0 Å². The van der Waals surface area contributed by atoms with Gasteiger partial charge in [-0.15, -0.1) is 0 Å². The summed E-state index contributed by atoms with van der Waals surface area (Å²) in [5, 5.41) is 14.7. The number of hydrogen-bond acceptors (Lipinski definition) is 3. The third-order valence-corrected chi connectivity index (χ3v) is 5.06. The predicted molar refractivity (Wildman–Crippen MR) is 82.7 cm³/mol. The van der Waals surface area contributed by atoms with E-state index in [-0.39, 0.29) is 0 Å². The molecule has 1 saturated carbocycles. The molecule has 0 aromatic carbocycles. The quantitative estimate of drug-likeness (QED) is 0.620. The topological polar surface area (TPSA) is 95.5 Å². The summed E-state index contributed by atoms with van der Waals surface area (Å²) in [4.78, 5) is 23.4. The summed E-state index contributed by atoms with van der Waals surface area (Å²) < 4.78 is 10.9. The van der Waals surface area contributed by atoms with Crippen molar-refractivity contribution in [2.24, 2.45) is 5.92 Å². The lowest BCUT2D eigenvalue weighted by atomic mass is 9.75. The maximum atomic E-state index is 11.9. The van der Waals surface area contributed by atoms with Gasteiger partial charge in [-0.3, -0.25) is 4.21 Å². The largest absolute Gasteiger partial charge is 0.480 e. The molecule has 0 aromatic rings. The fraction of sp³-hybridized carbons (Fsp3) is 0.857. The number of carboxylic acid groups (broad SMARTS) is 1. The van der Waals surface area contributed by atoms with Gasteiger partial charge in [-0.1, -0.05) is 13.3 Å². The first kappa shape index (κ1) is 17.9.